The van der Waals surface area contributed by atoms with E-state index in [4.69, 9.17) is 5.73 Å². The van der Waals surface area contributed by atoms with E-state index in [9.17, 15) is 4.79 Å². The van der Waals surface area contributed by atoms with Crippen molar-refractivity contribution in [3.05, 3.63) is 47.7 Å². The molecule has 0 saturated heterocycles. The van der Waals surface area contributed by atoms with E-state index < -0.39 is 5.91 Å². The third-order valence-corrected chi connectivity index (χ3v) is 2.32. The fraction of sp³-hybridized carbons (Fsp3) is 0.231. The van der Waals surface area contributed by atoms with Gasteiger partial charge in [-0.3, -0.25) is 9.79 Å². The predicted molar refractivity (Wildman–Crippen MR) is 69.7 cm³/mol. The number of primary amides is 1. The summed E-state index contributed by atoms with van der Waals surface area (Å²) in [5.41, 5.74) is 7.56. The summed E-state index contributed by atoms with van der Waals surface area (Å²) in [6, 6.07) is 8.09. The van der Waals surface area contributed by atoms with Gasteiger partial charge in [0.1, 0.15) is 5.84 Å². The molecule has 0 saturated carbocycles. The van der Waals surface area contributed by atoms with Crippen molar-refractivity contribution in [1.29, 1.82) is 0 Å². The van der Waals surface area contributed by atoms with E-state index in [0.717, 1.165) is 5.56 Å². The van der Waals surface area contributed by atoms with Gasteiger partial charge in [-0.25, -0.2) is 0 Å². The highest BCUT2D eigenvalue weighted by Gasteiger charge is 2.06. The molecule has 17 heavy (non-hydrogen) atoms. The molecular formula is C13H17N3O. The lowest BCUT2D eigenvalue weighted by atomic mass is 10.1. The van der Waals surface area contributed by atoms with Crippen molar-refractivity contribution in [2.75, 3.05) is 7.05 Å². The third kappa shape index (κ3) is 4.10. The van der Waals surface area contributed by atoms with E-state index in [-0.39, 0.29) is 5.70 Å². The number of nitrogens with two attached hydrogens (primary N) is 1. The fourth-order valence-corrected chi connectivity index (χ4v) is 1.43. The number of nitrogens with one attached hydrogen (secondary N) is 1. The Morgan fingerprint density at radius 3 is 2.76 bits per heavy atom. The van der Waals surface area contributed by atoms with Crippen LogP contribution in [-0.4, -0.2) is 18.8 Å². The van der Waals surface area contributed by atoms with E-state index in [0.29, 0.717) is 12.3 Å². The summed E-state index contributed by atoms with van der Waals surface area (Å²) >= 11 is 0. The molecule has 90 valence electrons. The molecule has 1 aromatic carbocycles. The summed E-state index contributed by atoms with van der Waals surface area (Å²) in [5.74, 6) is 0.0924. The molecule has 0 radical (unpaired) electrons. The number of nitrogens with zero attached hydrogens (tertiary/aromatic N) is 1. The first-order chi connectivity index (χ1) is 8.02. The van der Waals surface area contributed by atoms with Gasteiger partial charge in [0.25, 0.3) is 5.91 Å². The van der Waals surface area contributed by atoms with Crippen molar-refractivity contribution in [1.82, 2.24) is 5.32 Å². The lowest BCUT2D eigenvalue weighted by Crippen LogP contribution is -2.31. The maximum atomic E-state index is 10.9. The van der Waals surface area contributed by atoms with Crippen LogP contribution in [0.15, 0.2) is 41.5 Å². The van der Waals surface area contributed by atoms with Gasteiger partial charge in [0.15, 0.2) is 0 Å². The molecule has 3 N–H and O–H groups in total. The monoisotopic (exact) mass is 231 g/mol. The number of hydrogen-bond acceptors (Lipinski definition) is 2. The van der Waals surface area contributed by atoms with Crippen LogP contribution in [0.3, 0.4) is 0 Å². The zero-order valence-corrected chi connectivity index (χ0v) is 10.2. The Morgan fingerprint density at radius 2 is 2.24 bits per heavy atom. The van der Waals surface area contributed by atoms with E-state index in [1.54, 1.807) is 7.05 Å². The van der Waals surface area contributed by atoms with Crippen LogP contribution in [-0.2, 0) is 11.2 Å². The van der Waals surface area contributed by atoms with Crippen molar-refractivity contribution < 1.29 is 4.79 Å². The van der Waals surface area contributed by atoms with E-state index in [2.05, 4.69) is 23.0 Å². The molecule has 1 amide bonds. The summed E-state index contributed by atoms with van der Waals surface area (Å²) in [4.78, 5) is 14.9. The first-order valence-corrected chi connectivity index (χ1v) is 5.30. The van der Waals surface area contributed by atoms with E-state index >= 15 is 0 Å². The molecule has 0 aliphatic carbocycles. The number of benzene rings is 1. The number of aliphatic imine (C=N–C) groups is 1. The summed E-state index contributed by atoms with van der Waals surface area (Å²) in [7, 11) is 1.66. The molecule has 0 unspecified atom stereocenters. The van der Waals surface area contributed by atoms with Gasteiger partial charge in [0.05, 0.1) is 5.70 Å². The Bertz CT molecular complexity index is 463. The molecule has 0 atom stereocenters. The minimum Gasteiger partial charge on any atom is -0.364 e. The Morgan fingerprint density at radius 1 is 1.53 bits per heavy atom. The molecule has 0 spiro atoms. The number of rotatable bonds is 4. The summed E-state index contributed by atoms with van der Waals surface area (Å²) in [5, 5.41) is 2.82. The van der Waals surface area contributed by atoms with Crippen molar-refractivity contribution in [3.8, 4) is 0 Å². The molecule has 0 aliphatic rings. The highest BCUT2D eigenvalue weighted by molar-refractivity contribution is 5.97. The lowest BCUT2D eigenvalue weighted by molar-refractivity contribution is -0.114. The number of aryl methyl sites for hydroxylation is 1. The Balaban J connectivity index is 2.72. The van der Waals surface area contributed by atoms with Crippen LogP contribution in [0.4, 0.5) is 0 Å². The normalized spacial score (nSPS) is 11.1. The number of amidine groups is 1. The predicted octanol–water partition coefficient (Wildman–Crippen LogP) is 1.15. The van der Waals surface area contributed by atoms with Gasteiger partial charge in [-0.1, -0.05) is 36.4 Å². The van der Waals surface area contributed by atoms with Gasteiger partial charge < -0.3 is 11.1 Å². The fourth-order valence-electron chi connectivity index (χ4n) is 1.43. The van der Waals surface area contributed by atoms with Gasteiger partial charge >= 0.3 is 0 Å². The molecule has 0 aromatic heterocycles. The molecule has 4 nitrogen and oxygen atoms in total. The van der Waals surface area contributed by atoms with Crippen LogP contribution in [0.2, 0.25) is 0 Å². The minimum absolute atomic E-state index is 0.151. The molecule has 4 heteroatoms. The van der Waals surface area contributed by atoms with Crippen LogP contribution in [0.5, 0.6) is 0 Å². The standard InChI is InChI=1S/C13H17N3O/c1-9-5-4-6-11(7-9)8-12(15-3)16-10(2)13(14)17/h4-7H,2,8H2,1,3H3,(H2,14,17)(H,15,16). The molecule has 0 heterocycles. The quantitative estimate of drug-likeness (QED) is 0.464. The van der Waals surface area contributed by atoms with Gasteiger partial charge in [-0.2, -0.15) is 0 Å². The van der Waals surface area contributed by atoms with Gasteiger partial charge in [0, 0.05) is 13.5 Å². The molecular weight excluding hydrogens is 214 g/mol. The highest BCUT2D eigenvalue weighted by atomic mass is 16.1. The average Bonchev–Trinajstić information content (AvgIpc) is 2.27. The average molecular weight is 231 g/mol. The number of amides is 1. The van der Waals surface area contributed by atoms with Crippen LogP contribution < -0.4 is 11.1 Å². The molecule has 0 bridgehead atoms. The third-order valence-electron chi connectivity index (χ3n) is 2.32. The highest BCUT2D eigenvalue weighted by Crippen LogP contribution is 2.05. The van der Waals surface area contributed by atoms with Crippen molar-refractivity contribution >= 4 is 11.7 Å². The maximum absolute atomic E-state index is 10.9. The van der Waals surface area contributed by atoms with Gasteiger partial charge in [0.2, 0.25) is 0 Å². The molecule has 1 rings (SSSR count). The van der Waals surface area contributed by atoms with Crippen LogP contribution >= 0.6 is 0 Å². The largest absolute Gasteiger partial charge is 0.364 e. The summed E-state index contributed by atoms with van der Waals surface area (Å²) < 4.78 is 0. The summed E-state index contributed by atoms with van der Waals surface area (Å²) in [6.07, 6.45) is 0.616. The molecule has 0 aliphatic heterocycles. The smallest absolute Gasteiger partial charge is 0.264 e. The second-order valence-corrected chi connectivity index (χ2v) is 3.80. The van der Waals surface area contributed by atoms with Gasteiger partial charge in [-0.15, -0.1) is 0 Å². The van der Waals surface area contributed by atoms with Crippen molar-refractivity contribution in [3.63, 3.8) is 0 Å². The number of carbonyl (C=O) groups excluding carboxylic acids is 1. The van der Waals surface area contributed by atoms with Crippen LogP contribution in [0.1, 0.15) is 11.1 Å². The van der Waals surface area contributed by atoms with Crippen molar-refractivity contribution in [2.45, 2.75) is 13.3 Å². The zero-order chi connectivity index (χ0) is 12.8. The van der Waals surface area contributed by atoms with Crippen LogP contribution in [0.25, 0.3) is 0 Å². The number of carbonyl (C=O) groups is 1. The zero-order valence-electron chi connectivity index (χ0n) is 10.2. The first-order valence-electron chi connectivity index (χ1n) is 5.30. The van der Waals surface area contributed by atoms with E-state index in [1.165, 1.54) is 5.56 Å². The van der Waals surface area contributed by atoms with E-state index in [1.807, 2.05) is 25.1 Å². The second-order valence-electron chi connectivity index (χ2n) is 3.80. The summed E-state index contributed by atoms with van der Waals surface area (Å²) in [6.45, 7) is 5.56. The first kappa shape index (κ1) is 13.0. The lowest BCUT2D eigenvalue weighted by Gasteiger charge is -2.09. The SMILES string of the molecule is C=C(N/C(Cc1cccc(C)c1)=N\C)C(N)=O. The number of hydrogen-bond donors (Lipinski definition) is 2. The van der Waals surface area contributed by atoms with Crippen LogP contribution in [0, 0.1) is 6.92 Å². The Kier molecular flexibility index (Phi) is 4.46. The Labute approximate surface area is 101 Å². The molecule has 0 fully saturated rings. The topological polar surface area (TPSA) is 67.5 Å². The maximum Gasteiger partial charge on any atom is 0.264 e. The minimum atomic E-state index is -0.574. The molecule has 1 aromatic rings. The van der Waals surface area contributed by atoms with Crippen molar-refractivity contribution in [2.24, 2.45) is 10.7 Å². The van der Waals surface area contributed by atoms with Gasteiger partial charge in [-0.05, 0) is 12.5 Å². The second kappa shape index (κ2) is 5.84. The Hall–Kier alpha value is -2.10.